The van der Waals surface area contributed by atoms with Gasteiger partial charge in [-0.05, 0) is 60.4 Å². The highest BCUT2D eigenvalue weighted by molar-refractivity contribution is 9.10. The molecule has 0 spiro atoms. The van der Waals surface area contributed by atoms with Crippen LogP contribution in [0.2, 0.25) is 0 Å². The van der Waals surface area contributed by atoms with Crippen molar-refractivity contribution in [2.45, 2.75) is 13.8 Å². The molecule has 2 aromatic carbocycles. The van der Waals surface area contributed by atoms with E-state index in [2.05, 4.69) is 22.0 Å². The second-order valence-electron chi connectivity index (χ2n) is 3.83. The molecule has 0 amide bonds. The van der Waals surface area contributed by atoms with Crippen molar-refractivity contribution in [2.75, 3.05) is 0 Å². The lowest BCUT2D eigenvalue weighted by molar-refractivity contribution is 0.609. The van der Waals surface area contributed by atoms with Gasteiger partial charge in [0.05, 0.1) is 0 Å². The molecule has 0 aromatic heterocycles. The van der Waals surface area contributed by atoms with Crippen molar-refractivity contribution >= 4 is 15.9 Å². The normalized spacial score (nSPS) is 10.5. The van der Waals surface area contributed by atoms with E-state index >= 15 is 0 Å². The van der Waals surface area contributed by atoms with E-state index in [4.69, 9.17) is 0 Å². The zero-order chi connectivity index (χ0) is 11.7. The van der Waals surface area contributed by atoms with E-state index in [1.54, 1.807) is 13.8 Å². The Hall–Kier alpha value is -1.15. The van der Waals surface area contributed by atoms with Gasteiger partial charge in [-0.25, -0.2) is 4.39 Å². The molecule has 2 heteroatoms. The van der Waals surface area contributed by atoms with Gasteiger partial charge in [0, 0.05) is 4.47 Å². The SMILES string of the molecule is Cc1cc(-c2cc[c]cc2Br)cc(C)c1F. The summed E-state index contributed by atoms with van der Waals surface area (Å²) in [5.74, 6) is -0.123. The summed E-state index contributed by atoms with van der Waals surface area (Å²) in [6.45, 7) is 3.57. The summed E-state index contributed by atoms with van der Waals surface area (Å²) in [6.07, 6.45) is 0. The third kappa shape index (κ3) is 2.03. The molecule has 0 aliphatic rings. The number of rotatable bonds is 1. The Kier molecular flexibility index (Phi) is 3.10. The van der Waals surface area contributed by atoms with Crippen molar-refractivity contribution in [3.05, 3.63) is 57.8 Å². The fourth-order valence-corrected chi connectivity index (χ4v) is 2.24. The zero-order valence-electron chi connectivity index (χ0n) is 9.14. The van der Waals surface area contributed by atoms with Crippen molar-refractivity contribution in [1.29, 1.82) is 0 Å². The van der Waals surface area contributed by atoms with Crippen LogP contribution in [0.15, 0.2) is 34.8 Å². The van der Waals surface area contributed by atoms with Crippen molar-refractivity contribution in [3.63, 3.8) is 0 Å². The molecule has 2 rings (SSSR count). The van der Waals surface area contributed by atoms with Crippen LogP contribution < -0.4 is 0 Å². The first kappa shape index (κ1) is 11.3. The van der Waals surface area contributed by atoms with Gasteiger partial charge in [-0.3, -0.25) is 0 Å². The van der Waals surface area contributed by atoms with Gasteiger partial charge in [0.1, 0.15) is 5.82 Å². The van der Waals surface area contributed by atoms with Crippen LogP contribution in [0.1, 0.15) is 11.1 Å². The molecule has 0 N–H and O–H groups in total. The van der Waals surface area contributed by atoms with E-state index in [1.807, 2.05) is 30.3 Å². The molecule has 0 fully saturated rings. The lowest BCUT2D eigenvalue weighted by Crippen LogP contribution is -1.90. The Labute approximate surface area is 103 Å². The van der Waals surface area contributed by atoms with Crippen LogP contribution in [-0.2, 0) is 0 Å². The van der Waals surface area contributed by atoms with Crippen molar-refractivity contribution < 1.29 is 4.39 Å². The summed E-state index contributed by atoms with van der Waals surface area (Å²) in [5.41, 5.74) is 3.44. The second-order valence-corrected chi connectivity index (χ2v) is 4.68. The Morgan fingerprint density at radius 1 is 1.19 bits per heavy atom. The number of hydrogen-bond donors (Lipinski definition) is 0. The Morgan fingerprint density at radius 2 is 1.81 bits per heavy atom. The monoisotopic (exact) mass is 277 g/mol. The highest BCUT2D eigenvalue weighted by Crippen LogP contribution is 2.30. The van der Waals surface area contributed by atoms with Crippen LogP contribution in [0.3, 0.4) is 0 Å². The molecule has 0 heterocycles. The molecule has 81 valence electrons. The maximum absolute atomic E-state index is 13.5. The van der Waals surface area contributed by atoms with E-state index in [0.717, 1.165) is 15.6 Å². The molecule has 16 heavy (non-hydrogen) atoms. The third-order valence-corrected chi connectivity index (χ3v) is 3.22. The van der Waals surface area contributed by atoms with E-state index in [9.17, 15) is 4.39 Å². The Balaban J connectivity index is 2.62. The van der Waals surface area contributed by atoms with Crippen LogP contribution in [0, 0.1) is 25.7 Å². The van der Waals surface area contributed by atoms with Crippen molar-refractivity contribution in [1.82, 2.24) is 0 Å². The minimum atomic E-state index is -0.123. The molecule has 0 saturated carbocycles. The lowest BCUT2D eigenvalue weighted by Gasteiger charge is -2.08. The predicted octanol–water partition coefficient (Wildman–Crippen LogP) is 4.67. The van der Waals surface area contributed by atoms with Gasteiger partial charge in [-0.15, -0.1) is 0 Å². The zero-order valence-corrected chi connectivity index (χ0v) is 10.7. The van der Waals surface area contributed by atoms with E-state index in [-0.39, 0.29) is 5.82 Å². The molecular weight excluding hydrogens is 267 g/mol. The summed E-state index contributed by atoms with van der Waals surface area (Å²) in [7, 11) is 0. The Bertz CT molecular complexity index is 509. The van der Waals surface area contributed by atoms with Crippen LogP contribution in [-0.4, -0.2) is 0 Å². The second kappa shape index (κ2) is 4.38. The summed E-state index contributed by atoms with van der Waals surface area (Å²) >= 11 is 3.48. The fourth-order valence-electron chi connectivity index (χ4n) is 1.75. The topological polar surface area (TPSA) is 0 Å². The maximum Gasteiger partial charge on any atom is 0.129 e. The highest BCUT2D eigenvalue weighted by atomic mass is 79.9. The van der Waals surface area contributed by atoms with E-state index < -0.39 is 0 Å². The largest absolute Gasteiger partial charge is 0.206 e. The number of benzene rings is 2. The molecule has 0 unspecified atom stereocenters. The molecule has 0 saturated heterocycles. The van der Waals surface area contributed by atoms with Crippen LogP contribution in [0.4, 0.5) is 4.39 Å². The van der Waals surface area contributed by atoms with Gasteiger partial charge in [-0.1, -0.05) is 28.1 Å². The van der Waals surface area contributed by atoms with Crippen LogP contribution in [0.5, 0.6) is 0 Å². The van der Waals surface area contributed by atoms with E-state index in [1.165, 1.54) is 0 Å². The molecule has 0 nitrogen and oxygen atoms in total. The predicted molar refractivity (Wildman–Crippen MR) is 67.8 cm³/mol. The fraction of sp³-hybridized carbons (Fsp3) is 0.143. The first-order valence-electron chi connectivity index (χ1n) is 5.02. The molecular formula is C14H11BrF. The molecule has 0 aliphatic carbocycles. The summed E-state index contributed by atoms with van der Waals surface area (Å²) < 4.78 is 14.5. The Morgan fingerprint density at radius 3 is 2.38 bits per heavy atom. The average Bonchev–Trinajstić information content (AvgIpc) is 2.26. The summed E-state index contributed by atoms with van der Waals surface area (Å²) in [4.78, 5) is 0. The van der Waals surface area contributed by atoms with Crippen LogP contribution >= 0.6 is 15.9 Å². The third-order valence-electron chi connectivity index (χ3n) is 2.56. The van der Waals surface area contributed by atoms with Crippen molar-refractivity contribution in [3.8, 4) is 11.1 Å². The molecule has 2 aromatic rings. The standard InChI is InChI=1S/C14H11BrF/c1-9-7-11(8-10(2)14(9)16)12-5-3-4-6-13(12)15/h3,5-8H,1-2H3. The minimum Gasteiger partial charge on any atom is -0.206 e. The van der Waals surface area contributed by atoms with Crippen molar-refractivity contribution in [2.24, 2.45) is 0 Å². The van der Waals surface area contributed by atoms with E-state index in [0.29, 0.717) is 11.1 Å². The average molecular weight is 278 g/mol. The molecule has 1 radical (unpaired) electrons. The van der Waals surface area contributed by atoms with Gasteiger partial charge >= 0.3 is 0 Å². The maximum atomic E-state index is 13.5. The number of halogens is 2. The van der Waals surface area contributed by atoms with Gasteiger partial charge in [0.2, 0.25) is 0 Å². The minimum absolute atomic E-state index is 0.123. The summed E-state index contributed by atoms with van der Waals surface area (Å²) in [6, 6.07) is 12.4. The first-order chi connectivity index (χ1) is 7.59. The number of aryl methyl sites for hydroxylation is 2. The molecule has 0 aliphatic heterocycles. The highest BCUT2D eigenvalue weighted by Gasteiger charge is 2.07. The molecule has 0 bridgehead atoms. The number of hydrogen-bond acceptors (Lipinski definition) is 0. The van der Waals surface area contributed by atoms with Gasteiger partial charge in [0.15, 0.2) is 0 Å². The summed E-state index contributed by atoms with van der Waals surface area (Å²) in [5, 5.41) is 0. The quantitative estimate of drug-likeness (QED) is 0.711. The smallest absolute Gasteiger partial charge is 0.129 e. The first-order valence-corrected chi connectivity index (χ1v) is 5.81. The lowest BCUT2D eigenvalue weighted by atomic mass is 10.0. The molecule has 0 atom stereocenters. The van der Waals surface area contributed by atoms with Crippen LogP contribution in [0.25, 0.3) is 11.1 Å². The van der Waals surface area contributed by atoms with Gasteiger partial charge < -0.3 is 0 Å². The van der Waals surface area contributed by atoms with Gasteiger partial charge in [-0.2, -0.15) is 0 Å². The van der Waals surface area contributed by atoms with Gasteiger partial charge in [0.25, 0.3) is 0 Å².